The molecule has 96 valence electrons. The van der Waals surface area contributed by atoms with Crippen LogP contribution in [0, 0.1) is 13.8 Å². The SMILES string of the molecule is Cc1nc(CNC(=O)c2ccc(Cl)o2)n(C)c1C. The molecule has 0 atom stereocenters. The summed E-state index contributed by atoms with van der Waals surface area (Å²) in [7, 11) is 1.92. The third kappa shape index (κ3) is 2.41. The Bertz CT molecular complexity index is 586. The Morgan fingerprint density at radius 2 is 2.22 bits per heavy atom. The molecule has 0 unspecified atom stereocenters. The maximum absolute atomic E-state index is 11.7. The number of nitrogens with one attached hydrogen (secondary N) is 1. The highest BCUT2D eigenvalue weighted by atomic mass is 35.5. The Labute approximate surface area is 110 Å². The van der Waals surface area contributed by atoms with Crippen LogP contribution >= 0.6 is 11.6 Å². The summed E-state index contributed by atoms with van der Waals surface area (Å²) in [4.78, 5) is 16.1. The highest BCUT2D eigenvalue weighted by Crippen LogP contribution is 2.13. The van der Waals surface area contributed by atoms with Crippen LogP contribution in [0.1, 0.15) is 27.8 Å². The summed E-state index contributed by atoms with van der Waals surface area (Å²) >= 11 is 5.61. The molecule has 2 aromatic heterocycles. The van der Waals surface area contributed by atoms with Gasteiger partial charge in [0.25, 0.3) is 5.91 Å². The van der Waals surface area contributed by atoms with Crippen molar-refractivity contribution in [2.45, 2.75) is 20.4 Å². The van der Waals surface area contributed by atoms with Crippen molar-refractivity contribution in [3.8, 4) is 0 Å². The maximum atomic E-state index is 11.7. The normalized spacial score (nSPS) is 10.7. The van der Waals surface area contributed by atoms with Crippen molar-refractivity contribution < 1.29 is 9.21 Å². The molecule has 1 amide bonds. The van der Waals surface area contributed by atoms with Gasteiger partial charge in [0.1, 0.15) is 5.82 Å². The van der Waals surface area contributed by atoms with Crippen LogP contribution in [-0.2, 0) is 13.6 Å². The highest BCUT2D eigenvalue weighted by Gasteiger charge is 2.12. The molecule has 18 heavy (non-hydrogen) atoms. The molecule has 2 aromatic rings. The molecular weight excluding hydrogens is 254 g/mol. The second-order valence-electron chi connectivity index (χ2n) is 4.04. The lowest BCUT2D eigenvalue weighted by Crippen LogP contribution is -2.24. The minimum Gasteiger partial charge on any atom is -0.440 e. The molecule has 2 rings (SSSR count). The first kappa shape index (κ1) is 12.7. The maximum Gasteiger partial charge on any atom is 0.287 e. The number of hydrogen-bond acceptors (Lipinski definition) is 3. The number of halogens is 1. The average Bonchev–Trinajstić information content (AvgIpc) is 2.87. The molecule has 0 spiro atoms. The van der Waals surface area contributed by atoms with Gasteiger partial charge >= 0.3 is 0 Å². The Balaban J connectivity index is 2.03. The number of aromatic nitrogens is 2. The Hall–Kier alpha value is -1.75. The predicted molar refractivity (Wildman–Crippen MR) is 67.6 cm³/mol. The molecule has 0 saturated heterocycles. The summed E-state index contributed by atoms with van der Waals surface area (Å²) in [6.45, 7) is 4.27. The van der Waals surface area contributed by atoms with Gasteiger partial charge in [0.2, 0.25) is 0 Å². The lowest BCUT2D eigenvalue weighted by atomic mass is 10.4. The number of amides is 1. The molecule has 0 aromatic carbocycles. The molecule has 1 N–H and O–H groups in total. The first-order chi connectivity index (χ1) is 8.49. The second kappa shape index (κ2) is 4.86. The van der Waals surface area contributed by atoms with Crippen molar-refractivity contribution >= 4 is 17.5 Å². The van der Waals surface area contributed by atoms with Gasteiger partial charge in [0.15, 0.2) is 11.0 Å². The van der Waals surface area contributed by atoms with Gasteiger partial charge in [-0.3, -0.25) is 4.79 Å². The molecule has 0 fully saturated rings. The van der Waals surface area contributed by atoms with Crippen molar-refractivity contribution in [3.05, 3.63) is 40.3 Å². The van der Waals surface area contributed by atoms with E-state index in [9.17, 15) is 4.79 Å². The van der Waals surface area contributed by atoms with Gasteiger partial charge in [-0.2, -0.15) is 0 Å². The number of carbonyl (C=O) groups is 1. The van der Waals surface area contributed by atoms with E-state index in [1.54, 1.807) is 0 Å². The number of nitrogens with zero attached hydrogens (tertiary/aromatic N) is 2. The van der Waals surface area contributed by atoms with Crippen LogP contribution < -0.4 is 5.32 Å². The number of carbonyl (C=O) groups excluding carboxylic acids is 1. The van der Waals surface area contributed by atoms with Gasteiger partial charge in [-0.25, -0.2) is 4.98 Å². The van der Waals surface area contributed by atoms with Crippen molar-refractivity contribution in [2.75, 3.05) is 0 Å². The molecule has 0 bridgehead atoms. The molecular formula is C12H14ClN3O2. The van der Waals surface area contributed by atoms with Gasteiger partial charge < -0.3 is 14.3 Å². The molecule has 0 aliphatic rings. The van der Waals surface area contributed by atoms with E-state index in [1.165, 1.54) is 12.1 Å². The molecule has 5 nitrogen and oxygen atoms in total. The van der Waals surface area contributed by atoms with E-state index in [0.717, 1.165) is 17.2 Å². The van der Waals surface area contributed by atoms with Crippen LogP contribution in [0.2, 0.25) is 5.22 Å². The summed E-state index contributed by atoms with van der Waals surface area (Å²) in [5.74, 6) is 0.693. The second-order valence-corrected chi connectivity index (χ2v) is 4.42. The lowest BCUT2D eigenvalue weighted by molar-refractivity contribution is 0.0922. The summed E-state index contributed by atoms with van der Waals surface area (Å²) < 4.78 is 6.97. The fourth-order valence-electron chi connectivity index (χ4n) is 1.63. The largest absolute Gasteiger partial charge is 0.440 e. The zero-order valence-electron chi connectivity index (χ0n) is 10.5. The lowest BCUT2D eigenvalue weighted by Gasteiger charge is -2.04. The minimum atomic E-state index is -0.305. The fourth-order valence-corrected chi connectivity index (χ4v) is 1.77. The van der Waals surface area contributed by atoms with Crippen LogP contribution in [0.15, 0.2) is 16.5 Å². The fraction of sp³-hybridized carbons (Fsp3) is 0.333. The third-order valence-corrected chi connectivity index (χ3v) is 3.12. The molecule has 6 heteroatoms. The Kier molecular flexibility index (Phi) is 3.43. The van der Waals surface area contributed by atoms with Gasteiger partial charge in [0, 0.05) is 12.7 Å². The Morgan fingerprint density at radius 3 is 2.72 bits per heavy atom. The number of furan rings is 1. The first-order valence-corrected chi connectivity index (χ1v) is 5.89. The van der Waals surface area contributed by atoms with Crippen LogP contribution in [-0.4, -0.2) is 15.5 Å². The highest BCUT2D eigenvalue weighted by molar-refractivity contribution is 6.29. The van der Waals surface area contributed by atoms with Crippen LogP contribution in [0.25, 0.3) is 0 Å². The number of rotatable bonds is 3. The van der Waals surface area contributed by atoms with E-state index in [4.69, 9.17) is 16.0 Å². The van der Waals surface area contributed by atoms with E-state index in [1.807, 2.05) is 25.5 Å². The summed E-state index contributed by atoms with van der Waals surface area (Å²) in [5, 5.41) is 2.93. The van der Waals surface area contributed by atoms with Gasteiger partial charge in [-0.05, 0) is 37.6 Å². The van der Waals surface area contributed by atoms with Gasteiger partial charge in [-0.1, -0.05) is 0 Å². The topological polar surface area (TPSA) is 60.1 Å². The van der Waals surface area contributed by atoms with Crippen LogP contribution in [0.5, 0.6) is 0 Å². The van der Waals surface area contributed by atoms with E-state index < -0.39 is 0 Å². The molecule has 0 aliphatic heterocycles. The van der Waals surface area contributed by atoms with E-state index in [2.05, 4.69) is 10.3 Å². The van der Waals surface area contributed by atoms with E-state index in [-0.39, 0.29) is 16.9 Å². The van der Waals surface area contributed by atoms with Crippen molar-refractivity contribution in [3.63, 3.8) is 0 Å². The molecule has 0 radical (unpaired) electrons. The van der Waals surface area contributed by atoms with Crippen molar-refractivity contribution in [1.29, 1.82) is 0 Å². The summed E-state index contributed by atoms with van der Waals surface area (Å²) in [5.41, 5.74) is 2.04. The summed E-state index contributed by atoms with van der Waals surface area (Å²) in [6, 6.07) is 3.07. The number of aryl methyl sites for hydroxylation is 1. The van der Waals surface area contributed by atoms with Crippen molar-refractivity contribution in [1.82, 2.24) is 14.9 Å². The van der Waals surface area contributed by atoms with Gasteiger partial charge in [0.05, 0.1) is 12.2 Å². The first-order valence-electron chi connectivity index (χ1n) is 5.51. The monoisotopic (exact) mass is 267 g/mol. The zero-order chi connectivity index (χ0) is 13.3. The standard InChI is InChI=1S/C12H14ClN3O2/c1-7-8(2)16(3)11(15-7)6-14-12(17)9-4-5-10(13)18-9/h4-5H,6H2,1-3H3,(H,14,17). The third-order valence-electron chi connectivity index (χ3n) is 2.91. The van der Waals surface area contributed by atoms with Crippen LogP contribution in [0.3, 0.4) is 0 Å². The number of hydrogen-bond donors (Lipinski definition) is 1. The predicted octanol–water partition coefficient (Wildman–Crippen LogP) is 2.21. The number of imidazole rings is 1. The minimum absolute atomic E-state index is 0.197. The Morgan fingerprint density at radius 1 is 1.50 bits per heavy atom. The van der Waals surface area contributed by atoms with Gasteiger partial charge in [-0.15, -0.1) is 0 Å². The molecule has 2 heterocycles. The summed E-state index contributed by atoms with van der Waals surface area (Å²) in [6.07, 6.45) is 0. The average molecular weight is 268 g/mol. The smallest absolute Gasteiger partial charge is 0.287 e. The quantitative estimate of drug-likeness (QED) is 0.928. The zero-order valence-corrected chi connectivity index (χ0v) is 11.2. The van der Waals surface area contributed by atoms with Crippen molar-refractivity contribution in [2.24, 2.45) is 7.05 Å². The van der Waals surface area contributed by atoms with E-state index in [0.29, 0.717) is 6.54 Å². The van der Waals surface area contributed by atoms with E-state index >= 15 is 0 Å². The molecule has 0 aliphatic carbocycles. The molecule has 0 saturated carbocycles. The van der Waals surface area contributed by atoms with Crippen LogP contribution in [0.4, 0.5) is 0 Å².